The summed E-state index contributed by atoms with van der Waals surface area (Å²) in [4.78, 5) is 5.38. The maximum absolute atomic E-state index is 3.75. The lowest BCUT2D eigenvalue weighted by atomic mass is 9.90. The molecular formula is C15H29N3. The number of hydrogen-bond acceptors (Lipinski definition) is 3. The SMILES string of the molecule is CN1CCC(N2CCCCC2C2CCCN2)CC1. The van der Waals surface area contributed by atoms with Gasteiger partial charge < -0.3 is 10.2 Å². The molecule has 0 saturated carbocycles. The molecule has 3 aliphatic rings. The monoisotopic (exact) mass is 251 g/mol. The maximum atomic E-state index is 3.75. The van der Waals surface area contributed by atoms with Crippen LogP contribution in [-0.4, -0.2) is 61.2 Å². The minimum absolute atomic E-state index is 0.796. The molecule has 3 heteroatoms. The van der Waals surface area contributed by atoms with Gasteiger partial charge in [-0.2, -0.15) is 0 Å². The summed E-state index contributed by atoms with van der Waals surface area (Å²) in [5, 5.41) is 3.75. The molecule has 3 saturated heterocycles. The van der Waals surface area contributed by atoms with Crippen molar-refractivity contribution < 1.29 is 0 Å². The standard InChI is InChI=1S/C15H29N3/c1-17-11-7-13(8-12-17)18-10-3-2-6-15(18)14-5-4-9-16-14/h13-16H,2-12H2,1H3. The van der Waals surface area contributed by atoms with Crippen molar-refractivity contribution in [3.63, 3.8) is 0 Å². The zero-order chi connectivity index (χ0) is 12.4. The van der Waals surface area contributed by atoms with Crippen LogP contribution in [0.3, 0.4) is 0 Å². The van der Waals surface area contributed by atoms with Gasteiger partial charge in [0.15, 0.2) is 0 Å². The fourth-order valence-electron chi connectivity index (χ4n) is 4.23. The molecule has 0 aromatic rings. The predicted molar refractivity (Wildman–Crippen MR) is 75.9 cm³/mol. The summed E-state index contributed by atoms with van der Waals surface area (Å²) in [7, 11) is 2.27. The predicted octanol–water partition coefficient (Wildman–Crippen LogP) is 1.69. The molecule has 3 heterocycles. The number of nitrogens with zero attached hydrogens (tertiary/aromatic N) is 2. The molecule has 3 nitrogen and oxygen atoms in total. The second kappa shape index (κ2) is 5.89. The van der Waals surface area contributed by atoms with E-state index in [2.05, 4.69) is 22.2 Å². The van der Waals surface area contributed by atoms with E-state index >= 15 is 0 Å². The van der Waals surface area contributed by atoms with Gasteiger partial charge in [-0.25, -0.2) is 0 Å². The molecule has 0 amide bonds. The van der Waals surface area contributed by atoms with Gasteiger partial charge in [0.1, 0.15) is 0 Å². The summed E-state index contributed by atoms with van der Waals surface area (Å²) in [6, 6.07) is 2.51. The van der Waals surface area contributed by atoms with Crippen molar-refractivity contribution in [3.8, 4) is 0 Å². The second-order valence-corrected chi connectivity index (χ2v) is 6.54. The first kappa shape index (κ1) is 12.9. The van der Waals surface area contributed by atoms with Crippen LogP contribution < -0.4 is 5.32 Å². The van der Waals surface area contributed by atoms with E-state index < -0.39 is 0 Å². The molecule has 0 aliphatic carbocycles. The van der Waals surface area contributed by atoms with Crippen molar-refractivity contribution in [1.29, 1.82) is 0 Å². The Morgan fingerprint density at radius 2 is 1.72 bits per heavy atom. The van der Waals surface area contributed by atoms with Gasteiger partial charge in [0.05, 0.1) is 0 Å². The van der Waals surface area contributed by atoms with Gasteiger partial charge in [-0.05, 0) is 71.8 Å². The normalized spacial score (nSPS) is 37.2. The number of likely N-dealkylation sites (tertiary alicyclic amines) is 2. The summed E-state index contributed by atoms with van der Waals surface area (Å²) in [5.41, 5.74) is 0. The van der Waals surface area contributed by atoms with Gasteiger partial charge in [-0.15, -0.1) is 0 Å². The fraction of sp³-hybridized carbons (Fsp3) is 1.00. The molecular weight excluding hydrogens is 222 g/mol. The lowest BCUT2D eigenvalue weighted by Gasteiger charge is -2.46. The quantitative estimate of drug-likeness (QED) is 0.806. The van der Waals surface area contributed by atoms with Crippen molar-refractivity contribution >= 4 is 0 Å². The number of rotatable bonds is 2. The molecule has 3 aliphatic heterocycles. The van der Waals surface area contributed by atoms with Gasteiger partial charge >= 0.3 is 0 Å². The smallest absolute Gasteiger partial charge is 0.0252 e. The highest BCUT2D eigenvalue weighted by Crippen LogP contribution is 2.29. The summed E-state index contributed by atoms with van der Waals surface area (Å²) in [6.07, 6.45) is 9.89. The van der Waals surface area contributed by atoms with Crippen molar-refractivity contribution in [1.82, 2.24) is 15.1 Å². The molecule has 0 aromatic carbocycles. The van der Waals surface area contributed by atoms with Gasteiger partial charge in [0, 0.05) is 18.1 Å². The van der Waals surface area contributed by atoms with Crippen molar-refractivity contribution in [2.75, 3.05) is 33.2 Å². The van der Waals surface area contributed by atoms with Gasteiger partial charge in [-0.1, -0.05) is 6.42 Å². The zero-order valence-electron chi connectivity index (χ0n) is 11.9. The van der Waals surface area contributed by atoms with Gasteiger partial charge in [-0.3, -0.25) is 4.90 Å². The molecule has 0 bridgehead atoms. The van der Waals surface area contributed by atoms with Crippen LogP contribution in [0.1, 0.15) is 44.9 Å². The second-order valence-electron chi connectivity index (χ2n) is 6.54. The Kier molecular flexibility index (Phi) is 4.22. The Bertz CT molecular complexity index is 254. The van der Waals surface area contributed by atoms with E-state index in [0.717, 1.165) is 18.1 Å². The van der Waals surface area contributed by atoms with Gasteiger partial charge in [0.25, 0.3) is 0 Å². The maximum Gasteiger partial charge on any atom is 0.0252 e. The summed E-state index contributed by atoms with van der Waals surface area (Å²) >= 11 is 0. The fourth-order valence-corrected chi connectivity index (χ4v) is 4.23. The lowest BCUT2D eigenvalue weighted by molar-refractivity contribution is 0.0412. The number of nitrogens with one attached hydrogen (secondary N) is 1. The van der Waals surface area contributed by atoms with Crippen molar-refractivity contribution in [3.05, 3.63) is 0 Å². The average molecular weight is 251 g/mol. The third-order valence-electron chi connectivity index (χ3n) is 5.31. The topological polar surface area (TPSA) is 18.5 Å². The van der Waals surface area contributed by atoms with Crippen molar-refractivity contribution in [2.24, 2.45) is 0 Å². The van der Waals surface area contributed by atoms with Crippen LogP contribution in [0.15, 0.2) is 0 Å². The zero-order valence-corrected chi connectivity index (χ0v) is 11.9. The molecule has 3 fully saturated rings. The first-order chi connectivity index (χ1) is 8.84. The lowest BCUT2D eigenvalue weighted by Crippen LogP contribution is -2.56. The molecule has 0 aromatic heterocycles. The van der Waals surface area contributed by atoms with E-state index in [-0.39, 0.29) is 0 Å². The Morgan fingerprint density at radius 3 is 2.44 bits per heavy atom. The van der Waals surface area contributed by atoms with E-state index in [1.165, 1.54) is 71.1 Å². The van der Waals surface area contributed by atoms with Gasteiger partial charge in [0.2, 0.25) is 0 Å². The highest BCUT2D eigenvalue weighted by molar-refractivity contribution is 4.94. The Balaban J connectivity index is 1.63. The Labute approximate surface area is 112 Å². The molecule has 104 valence electrons. The van der Waals surface area contributed by atoms with E-state index in [1.807, 2.05) is 0 Å². The highest BCUT2D eigenvalue weighted by Gasteiger charge is 2.35. The Hall–Kier alpha value is -0.120. The first-order valence-corrected chi connectivity index (χ1v) is 8.02. The van der Waals surface area contributed by atoms with Crippen LogP contribution in [0.2, 0.25) is 0 Å². The third kappa shape index (κ3) is 2.73. The summed E-state index contributed by atoms with van der Waals surface area (Å²) < 4.78 is 0. The number of piperidine rings is 2. The van der Waals surface area contributed by atoms with Crippen molar-refractivity contribution in [2.45, 2.75) is 63.1 Å². The van der Waals surface area contributed by atoms with Crippen LogP contribution in [0.25, 0.3) is 0 Å². The molecule has 18 heavy (non-hydrogen) atoms. The number of hydrogen-bond donors (Lipinski definition) is 1. The Morgan fingerprint density at radius 1 is 0.889 bits per heavy atom. The van der Waals surface area contributed by atoms with E-state index in [0.29, 0.717) is 0 Å². The minimum Gasteiger partial charge on any atom is -0.312 e. The molecule has 0 radical (unpaired) electrons. The molecule has 2 atom stereocenters. The van der Waals surface area contributed by atoms with Crippen LogP contribution >= 0.6 is 0 Å². The summed E-state index contributed by atoms with van der Waals surface area (Å²) in [6.45, 7) is 5.21. The molecule has 3 rings (SSSR count). The van der Waals surface area contributed by atoms with E-state index in [1.54, 1.807) is 0 Å². The summed E-state index contributed by atoms with van der Waals surface area (Å²) in [5.74, 6) is 0. The average Bonchev–Trinajstić information content (AvgIpc) is 2.93. The van der Waals surface area contributed by atoms with Crippen LogP contribution in [-0.2, 0) is 0 Å². The van der Waals surface area contributed by atoms with Crippen LogP contribution in [0.4, 0.5) is 0 Å². The first-order valence-electron chi connectivity index (χ1n) is 8.02. The molecule has 2 unspecified atom stereocenters. The third-order valence-corrected chi connectivity index (χ3v) is 5.31. The van der Waals surface area contributed by atoms with E-state index in [9.17, 15) is 0 Å². The van der Waals surface area contributed by atoms with E-state index in [4.69, 9.17) is 0 Å². The molecule has 1 N–H and O–H groups in total. The molecule has 0 spiro atoms. The van der Waals surface area contributed by atoms with Crippen LogP contribution in [0, 0.1) is 0 Å². The van der Waals surface area contributed by atoms with Crippen LogP contribution in [0.5, 0.6) is 0 Å². The minimum atomic E-state index is 0.796. The highest BCUT2D eigenvalue weighted by atomic mass is 15.2. The largest absolute Gasteiger partial charge is 0.312 e.